The van der Waals surface area contributed by atoms with Crippen LogP contribution in [0.1, 0.15) is 18.2 Å². The molecule has 1 aromatic carbocycles. The van der Waals surface area contributed by atoms with E-state index in [9.17, 15) is 0 Å². The number of benzene rings is 1. The lowest BCUT2D eigenvalue weighted by Gasteiger charge is -2.07. The molecule has 0 radical (unpaired) electrons. The summed E-state index contributed by atoms with van der Waals surface area (Å²) in [6.45, 7) is 2.56. The monoisotopic (exact) mass is 284 g/mol. The molecule has 0 amide bonds. The van der Waals surface area contributed by atoms with E-state index in [1.165, 1.54) is 5.56 Å². The van der Waals surface area contributed by atoms with E-state index in [4.69, 9.17) is 12.2 Å². The van der Waals surface area contributed by atoms with Crippen LogP contribution in [0.4, 0.5) is 0 Å². The summed E-state index contributed by atoms with van der Waals surface area (Å²) in [7, 11) is 0. The number of hydrazone groups is 1. The molecule has 2 rings (SSSR count). The largest absolute Gasteiger partial charge is 0.357 e. The molecule has 1 heterocycles. The number of pyridine rings is 1. The average molecular weight is 284 g/mol. The summed E-state index contributed by atoms with van der Waals surface area (Å²) < 4.78 is 0. The van der Waals surface area contributed by atoms with Gasteiger partial charge in [-0.2, -0.15) is 5.10 Å². The number of nitrogens with zero attached hydrogens (tertiary/aromatic N) is 2. The standard InChI is InChI=1S/C15H16N4S/c1-12(14-9-5-6-10-16-14)18-19-15(20)17-11-13-7-3-2-4-8-13/h2-10H,11H2,1H3,(H2,17,19,20). The Morgan fingerprint density at radius 1 is 1.15 bits per heavy atom. The second kappa shape index (κ2) is 7.35. The molecule has 0 saturated heterocycles. The number of hydrogen-bond donors (Lipinski definition) is 2. The van der Waals surface area contributed by atoms with Crippen LogP contribution in [-0.4, -0.2) is 15.8 Å². The van der Waals surface area contributed by atoms with Gasteiger partial charge in [-0.3, -0.25) is 10.4 Å². The van der Waals surface area contributed by atoms with Crippen molar-refractivity contribution in [3.63, 3.8) is 0 Å². The van der Waals surface area contributed by atoms with Crippen LogP contribution in [0.2, 0.25) is 0 Å². The molecule has 0 saturated carbocycles. The zero-order valence-electron chi connectivity index (χ0n) is 11.2. The van der Waals surface area contributed by atoms with Crippen LogP contribution in [0.3, 0.4) is 0 Å². The highest BCUT2D eigenvalue weighted by Crippen LogP contribution is 1.97. The maximum absolute atomic E-state index is 5.17. The first kappa shape index (κ1) is 14.1. The third-order valence-electron chi connectivity index (χ3n) is 2.66. The second-order valence-corrected chi connectivity index (χ2v) is 4.60. The van der Waals surface area contributed by atoms with Gasteiger partial charge in [0.1, 0.15) is 0 Å². The van der Waals surface area contributed by atoms with Gasteiger partial charge in [-0.25, -0.2) is 0 Å². The zero-order chi connectivity index (χ0) is 14.2. The first-order chi connectivity index (χ1) is 9.75. The van der Waals surface area contributed by atoms with Crippen LogP contribution in [0.25, 0.3) is 0 Å². The van der Waals surface area contributed by atoms with Crippen LogP contribution >= 0.6 is 12.2 Å². The third kappa shape index (κ3) is 4.44. The van der Waals surface area contributed by atoms with Crippen molar-refractivity contribution >= 4 is 23.0 Å². The summed E-state index contributed by atoms with van der Waals surface area (Å²) in [6, 6.07) is 15.8. The molecular formula is C15H16N4S. The smallest absolute Gasteiger partial charge is 0.187 e. The zero-order valence-corrected chi connectivity index (χ0v) is 12.0. The van der Waals surface area contributed by atoms with Crippen molar-refractivity contribution in [1.29, 1.82) is 0 Å². The van der Waals surface area contributed by atoms with Crippen molar-refractivity contribution in [2.75, 3.05) is 0 Å². The number of hydrogen-bond acceptors (Lipinski definition) is 3. The molecular weight excluding hydrogens is 268 g/mol. The molecule has 0 aliphatic rings. The first-order valence-electron chi connectivity index (χ1n) is 6.29. The van der Waals surface area contributed by atoms with Gasteiger partial charge in [-0.15, -0.1) is 0 Å². The molecule has 1 aromatic heterocycles. The van der Waals surface area contributed by atoms with Gasteiger partial charge in [0.05, 0.1) is 11.4 Å². The molecule has 0 aliphatic heterocycles. The summed E-state index contributed by atoms with van der Waals surface area (Å²) in [5, 5.41) is 7.80. The predicted molar refractivity (Wildman–Crippen MR) is 85.5 cm³/mol. The highest BCUT2D eigenvalue weighted by atomic mass is 32.1. The quantitative estimate of drug-likeness (QED) is 0.514. The van der Waals surface area contributed by atoms with E-state index in [0.717, 1.165) is 11.4 Å². The van der Waals surface area contributed by atoms with Crippen molar-refractivity contribution in [2.24, 2.45) is 5.10 Å². The minimum Gasteiger partial charge on any atom is -0.357 e. The average Bonchev–Trinajstić information content (AvgIpc) is 2.52. The Labute approximate surface area is 123 Å². The lowest BCUT2D eigenvalue weighted by atomic mass is 10.2. The van der Waals surface area contributed by atoms with Crippen LogP contribution in [0.5, 0.6) is 0 Å². The fourth-order valence-corrected chi connectivity index (χ4v) is 1.70. The van der Waals surface area contributed by atoms with Crippen LogP contribution < -0.4 is 10.7 Å². The van der Waals surface area contributed by atoms with Gasteiger partial charge in [-0.1, -0.05) is 36.4 Å². The number of aromatic nitrogens is 1. The highest BCUT2D eigenvalue weighted by molar-refractivity contribution is 7.80. The molecule has 5 heteroatoms. The molecule has 0 spiro atoms. The maximum Gasteiger partial charge on any atom is 0.187 e. The van der Waals surface area contributed by atoms with E-state index in [0.29, 0.717) is 11.7 Å². The molecule has 2 N–H and O–H groups in total. The number of nitrogens with one attached hydrogen (secondary N) is 2. The molecule has 4 nitrogen and oxygen atoms in total. The van der Waals surface area contributed by atoms with E-state index in [1.807, 2.05) is 55.5 Å². The van der Waals surface area contributed by atoms with E-state index in [1.54, 1.807) is 6.20 Å². The molecule has 0 fully saturated rings. The Balaban J connectivity index is 1.83. The Bertz CT molecular complexity index is 581. The fourth-order valence-electron chi connectivity index (χ4n) is 1.59. The SMILES string of the molecule is CC(=NNC(=S)NCc1ccccc1)c1ccccn1. The minimum atomic E-state index is 0.490. The van der Waals surface area contributed by atoms with Crippen LogP contribution in [0, 0.1) is 0 Å². The van der Waals surface area contributed by atoms with E-state index < -0.39 is 0 Å². The topological polar surface area (TPSA) is 49.3 Å². The predicted octanol–water partition coefficient (Wildman–Crippen LogP) is 2.47. The van der Waals surface area contributed by atoms with Gasteiger partial charge in [-0.05, 0) is 36.8 Å². The van der Waals surface area contributed by atoms with E-state index >= 15 is 0 Å². The molecule has 0 atom stereocenters. The summed E-state index contributed by atoms with van der Waals surface area (Å²) in [5.74, 6) is 0. The first-order valence-corrected chi connectivity index (χ1v) is 6.70. The third-order valence-corrected chi connectivity index (χ3v) is 2.89. The minimum absolute atomic E-state index is 0.490. The normalized spacial score (nSPS) is 10.9. The number of rotatable bonds is 4. The van der Waals surface area contributed by atoms with Crippen LogP contribution in [0.15, 0.2) is 59.8 Å². The van der Waals surface area contributed by atoms with Crippen molar-refractivity contribution in [2.45, 2.75) is 13.5 Å². The molecule has 20 heavy (non-hydrogen) atoms. The van der Waals surface area contributed by atoms with Gasteiger partial charge in [0.25, 0.3) is 0 Å². The van der Waals surface area contributed by atoms with Gasteiger partial charge in [0, 0.05) is 12.7 Å². The molecule has 102 valence electrons. The fraction of sp³-hybridized carbons (Fsp3) is 0.133. The van der Waals surface area contributed by atoms with Gasteiger partial charge >= 0.3 is 0 Å². The molecule has 0 aliphatic carbocycles. The highest BCUT2D eigenvalue weighted by Gasteiger charge is 1.98. The Kier molecular flexibility index (Phi) is 5.20. The van der Waals surface area contributed by atoms with Crippen molar-refractivity contribution in [3.8, 4) is 0 Å². The van der Waals surface area contributed by atoms with E-state index in [-0.39, 0.29) is 0 Å². The Hall–Kier alpha value is -2.27. The summed E-state index contributed by atoms with van der Waals surface area (Å²) in [5.41, 5.74) is 5.60. The van der Waals surface area contributed by atoms with Gasteiger partial charge < -0.3 is 5.32 Å². The lowest BCUT2D eigenvalue weighted by molar-refractivity contribution is 0.866. The van der Waals surface area contributed by atoms with Crippen molar-refractivity contribution in [3.05, 3.63) is 66.0 Å². The second-order valence-electron chi connectivity index (χ2n) is 4.19. The Morgan fingerprint density at radius 3 is 2.60 bits per heavy atom. The van der Waals surface area contributed by atoms with Crippen molar-refractivity contribution in [1.82, 2.24) is 15.7 Å². The Morgan fingerprint density at radius 2 is 1.90 bits per heavy atom. The summed E-state index contributed by atoms with van der Waals surface area (Å²) in [4.78, 5) is 4.22. The molecule has 0 unspecified atom stereocenters. The maximum atomic E-state index is 5.17. The van der Waals surface area contributed by atoms with Gasteiger partial charge in [0.15, 0.2) is 5.11 Å². The van der Waals surface area contributed by atoms with Crippen LogP contribution in [-0.2, 0) is 6.54 Å². The van der Waals surface area contributed by atoms with Crippen molar-refractivity contribution < 1.29 is 0 Å². The molecule has 2 aromatic rings. The van der Waals surface area contributed by atoms with E-state index in [2.05, 4.69) is 20.8 Å². The summed E-state index contributed by atoms with van der Waals surface area (Å²) in [6.07, 6.45) is 1.74. The summed E-state index contributed by atoms with van der Waals surface area (Å²) >= 11 is 5.17. The van der Waals surface area contributed by atoms with Gasteiger partial charge in [0.2, 0.25) is 0 Å². The number of thiocarbonyl (C=S) groups is 1. The molecule has 0 bridgehead atoms. The lowest BCUT2D eigenvalue weighted by Crippen LogP contribution is -2.32.